The number of hydrogen-bond donors (Lipinski definition) is 0. The molecule has 0 atom stereocenters. The molecule has 4 heteroatoms. The van der Waals surface area contributed by atoms with Gasteiger partial charge in [0, 0.05) is 6.54 Å². The molecule has 0 saturated carbocycles. The van der Waals surface area contributed by atoms with Gasteiger partial charge in [0.25, 0.3) is 0 Å². The van der Waals surface area contributed by atoms with E-state index in [0.29, 0.717) is 6.61 Å². The van der Waals surface area contributed by atoms with Crippen molar-refractivity contribution >= 4 is 11.8 Å². The van der Waals surface area contributed by atoms with Crippen molar-refractivity contribution in [3.63, 3.8) is 0 Å². The van der Waals surface area contributed by atoms with Crippen LogP contribution in [0.3, 0.4) is 0 Å². The van der Waals surface area contributed by atoms with Gasteiger partial charge in [-0.3, -0.25) is 4.90 Å². The van der Waals surface area contributed by atoms with Crippen molar-refractivity contribution in [3.8, 4) is 0 Å². The molecule has 2 rings (SSSR count). The first-order valence-corrected chi connectivity index (χ1v) is 7.82. The van der Waals surface area contributed by atoms with Crippen LogP contribution in [0.5, 0.6) is 0 Å². The molecule has 21 heavy (non-hydrogen) atoms. The number of benzene rings is 1. The number of carbonyl (C=O) groups excluding carboxylic acids is 1. The third kappa shape index (κ3) is 4.21. The lowest BCUT2D eigenvalue weighted by Crippen LogP contribution is -2.36. The van der Waals surface area contributed by atoms with Gasteiger partial charge in [-0.2, -0.15) is 0 Å². The first kappa shape index (κ1) is 15.8. The molecule has 0 unspecified atom stereocenters. The lowest BCUT2D eigenvalue weighted by atomic mass is 9.98. The van der Waals surface area contributed by atoms with Gasteiger partial charge in [-0.05, 0) is 70.4 Å². The summed E-state index contributed by atoms with van der Waals surface area (Å²) in [6.45, 7) is 4.13. The van der Waals surface area contributed by atoms with Gasteiger partial charge in [0.05, 0.1) is 12.3 Å². The van der Waals surface area contributed by atoms with Crippen LogP contribution in [0.25, 0.3) is 0 Å². The van der Waals surface area contributed by atoms with Gasteiger partial charge >= 0.3 is 6.09 Å². The summed E-state index contributed by atoms with van der Waals surface area (Å²) in [5.74, 6) is 0. The molecule has 116 valence electrons. The van der Waals surface area contributed by atoms with Crippen LogP contribution in [0.15, 0.2) is 18.2 Å². The minimum atomic E-state index is -0.223. The van der Waals surface area contributed by atoms with Gasteiger partial charge in [-0.15, -0.1) is 0 Å². The van der Waals surface area contributed by atoms with Gasteiger partial charge in [-0.1, -0.05) is 12.1 Å². The third-order valence-corrected chi connectivity index (χ3v) is 3.82. The molecule has 1 aliphatic rings. The van der Waals surface area contributed by atoms with E-state index in [1.54, 1.807) is 4.90 Å². The van der Waals surface area contributed by atoms with Crippen molar-refractivity contribution in [1.82, 2.24) is 4.90 Å². The fourth-order valence-corrected chi connectivity index (χ4v) is 2.80. The summed E-state index contributed by atoms with van der Waals surface area (Å²) in [5.41, 5.74) is 3.66. The molecule has 1 aromatic carbocycles. The fraction of sp³-hybridized carbons (Fsp3) is 0.588. The van der Waals surface area contributed by atoms with E-state index in [1.165, 1.54) is 11.1 Å². The maximum atomic E-state index is 12.0. The van der Waals surface area contributed by atoms with Crippen LogP contribution in [0.4, 0.5) is 10.5 Å². The lowest BCUT2D eigenvalue weighted by molar-refractivity contribution is 0.159. The molecule has 0 aromatic heterocycles. The van der Waals surface area contributed by atoms with E-state index in [-0.39, 0.29) is 6.09 Å². The largest absolute Gasteiger partial charge is 0.449 e. The zero-order chi connectivity index (χ0) is 15.2. The number of rotatable bonds is 5. The highest BCUT2D eigenvalue weighted by Crippen LogP contribution is 2.29. The first-order chi connectivity index (χ1) is 10.1. The number of nitrogens with zero attached hydrogens (tertiary/aromatic N) is 2. The van der Waals surface area contributed by atoms with E-state index in [0.717, 1.165) is 44.5 Å². The Hall–Kier alpha value is -1.55. The maximum Gasteiger partial charge on any atom is 0.414 e. The van der Waals surface area contributed by atoms with Crippen LogP contribution in [-0.4, -0.2) is 44.8 Å². The number of hydrogen-bond acceptors (Lipinski definition) is 3. The molecule has 4 nitrogen and oxygen atoms in total. The molecule has 0 radical (unpaired) electrons. The molecular weight excluding hydrogens is 264 g/mol. The zero-order valence-corrected chi connectivity index (χ0v) is 13.4. The van der Waals surface area contributed by atoms with Crippen molar-refractivity contribution in [3.05, 3.63) is 29.3 Å². The summed E-state index contributed by atoms with van der Waals surface area (Å²) in [7, 11) is 4.20. The smallest absolute Gasteiger partial charge is 0.414 e. The van der Waals surface area contributed by atoms with E-state index in [2.05, 4.69) is 37.2 Å². The number of aryl methyl sites for hydroxylation is 2. The van der Waals surface area contributed by atoms with Gasteiger partial charge in [-0.25, -0.2) is 4.79 Å². The third-order valence-electron chi connectivity index (χ3n) is 3.82. The van der Waals surface area contributed by atoms with Crippen LogP contribution in [-0.2, 0) is 17.6 Å². The maximum absolute atomic E-state index is 12.0. The summed E-state index contributed by atoms with van der Waals surface area (Å²) in [4.78, 5) is 16.0. The highest BCUT2D eigenvalue weighted by Gasteiger charge is 2.23. The minimum Gasteiger partial charge on any atom is -0.449 e. The number of carbonyl (C=O) groups is 1. The molecule has 0 N–H and O–H groups in total. The van der Waals surface area contributed by atoms with Gasteiger partial charge in [0.1, 0.15) is 0 Å². The van der Waals surface area contributed by atoms with Crippen LogP contribution in [0.1, 0.15) is 30.9 Å². The second-order valence-electron chi connectivity index (χ2n) is 5.82. The number of ether oxygens (including phenoxy) is 1. The molecule has 1 heterocycles. The van der Waals surface area contributed by atoms with Crippen molar-refractivity contribution in [1.29, 1.82) is 0 Å². The fourth-order valence-electron chi connectivity index (χ4n) is 2.80. The lowest BCUT2D eigenvalue weighted by Gasteiger charge is -2.29. The SMILES string of the molecule is CCOC(=O)N1CCCc2cc(CCCN(C)C)ccc21. The van der Waals surface area contributed by atoms with Crippen molar-refractivity contribution in [2.24, 2.45) is 0 Å². The van der Waals surface area contributed by atoms with Gasteiger partial charge in [0.2, 0.25) is 0 Å². The van der Waals surface area contributed by atoms with Crippen LogP contribution >= 0.6 is 0 Å². The summed E-state index contributed by atoms with van der Waals surface area (Å²) < 4.78 is 5.14. The van der Waals surface area contributed by atoms with E-state index < -0.39 is 0 Å². The van der Waals surface area contributed by atoms with Crippen LogP contribution in [0, 0.1) is 0 Å². The molecule has 0 spiro atoms. The summed E-state index contributed by atoms with van der Waals surface area (Å²) in [6.07, 6.45) is 4.08. The number of fused-ring (bicyclic) bond motifs is 1. The minimum absolute atomic E-state index is 0.223. The summed E-state index contributed by atoms with van der Waals surface area (Å²) >= 11 is 0. The Morgan fingerprint density at radius 3 is 2.90 bits per heavy atom. The molecule has 0 fully saturated rings. The molecular formula is C17H26N2O2. The average Bonchev–Trinajstić information content (AvgIpc) is 2.46. The summed E-state index contributed by atoms with van der Waals surface area (Å²) in [5, 5.41) is 0. The Morgan fingerprint density at radius 1 is 1.38 bits per heavy atom. The van der Waals surface area contributed by atoms with E-state index in [1.807, 2.05) is 6.92 Å². The van der Waals surface area contributed by atoms with Gasteiger partial charge in [0.15, 0.2) is 0 Å². The highest BCUT2D eigenvalue weighted by molar-refractivity contribution is 5.89. The summed E-state index contributed by atoms with van der Waals surface area (Å²) in [6, 6.07) is 6.48. The van der Waals surface area contributed by atoms with Crippen molar-refractivity contribution < 1.29 is 9.53 Å². The van der Waals surface area contributed by atoms with Gasteiger partial charge < -0.3 is 9.64 Å². The van der Waals surface area contributed by atoms with Crippen molar-refractivity contribution in [2.75, 3.05) is 38.7 Å². The Labute approximate surface area is 127 Å². The zero-order valence-electron chi connectivity index (χ0n) is 13.4. The number of amides is 1. The van der Waals surface area contributed by atoms with E-state index in [4.69, 9.17) is 4.74 Å². The molecule has 1 amide bonds. The monoisotopic (exact) mass is 290 g/mol. The Kier molecular flexibility index (Phi) is 5.62. The number of anilines is 1. The predicted molar refractivity (Wildman–Crippen MR) is 86.0 cm³/mol. The second kappa shape index (κ2) is 7.46. The molecule has 1 aromatic rings. The van der Waals surface area contributed by atoms with Crippen molar-refractivity contribution in [2.45, 2.75) is 32.6 Å². The highest BCUT2D eigenvalue weighted by atomic mass is 16.6. The molecule has 0 aliphatic carbocycles. The standard InChI is InChI=1S/C17H26N2O2/c1-4-21-17(20)19-12-6-8-15-13-14(9-10-16(15)19)7-5-11-18(2)3/h9-10,13H,4-8,11-12H2,1-3H3. The van der Waals surface area contributed by atoms with Crippen LogP contribution < -0.4 is 4.90 Å². The first-order valence-electron chi connectivity index (χ1n) is 7.82. The Balaban J connectivity index is 2.07. The molecule has 0 bridgehead atoms. The molecule has 1 aliphatic heterocycles. The van der Waals surface area contributed by atoms with E-state index in [9.17, 15) is 4.79 Å². The average molecular weight is 290 g/mol. The predicted octanol–water partition coefficient (Wildman–Crippen LogP) is 3.09. The molecule has 0 saturated heterocycles. The quantitative estimate of drug-likeness (QED) is 0.835. The topological polar surface area (TPSA) is 32.8 Å². The van der Waals surface area contributed by atoms with Crippen LogP contribution in [0.2, 0.25) is 0 Å². The Bertz CT molecular complexity index is 486. The normalized spacial score (nSPS) is 14.2. The second-order valence-corrected chi connectivity index (χ2v) is 5.82. The Morgan fingerprint density at radius 2 is 2.19 bits per heavy atom. The van der Waals surface area contributed by atoms with E-state index >= 15 is 0 Å².